The molecule has 0 aliphatic rings. The molecule has 0 spiro atoms. The minimum absolute atomic E-state index is 0. The summed E-state index contributed by atoms with van der Waals surface area (Å²) in [5.41, 5.74) is -0.592. The number of carboxylic acid groups (broad SMARTS) is 1. The summed E-state index contributed by atoms with van der Waals surface area (Å²) in [6, 6.07) is 0. The van der Waals surface area contributed by atoms with E-state index in [1.54, 1.807) is 6.92 Å². The van der Waals surface area contributed by atoms with Crippen LogP contribution in [0, 0.1) is 5.41 Å². The molecule has 0 aliphatic heterocycles. The summed E-state index contributed by atoms with van der Waals surface area (Å²) in [5, 5.41) is 9.46. The van der Waals surface area contributed by atoms with Crippen LogP contribution in [0.4, 0.5) is 0 Å². The SMILES string of the molecule is C=C(C)C(=O)OCCC(CC)(CCOC(=O)C(=C)C)C(=O)O.N. The Bertz CT molecular complexity index is 437. The number of hydrogen-bond acceptors (Lipinski definition) is 6. The van der Waals surface area contributed by atoms with Gasteiger partial charge < -0.3 is 20.7 Å². The van der Waals surface area contributed by atoms with E-state index in [1.165, 1.54) is 13.8 Å². The van der Waals surface area contributed by atoms with Crippen molar-refractivity contribution < 1.29 is 29.0 Å². The largest absolute Gasteiger partial charge is 0.481 e. The van der Waals surface area contributed by atoms with Gasteiger partial charge in [-0.15, -0.1) is 0 Å². The number of carboxylic acids is 1. The Morgan fingerprint density at radius 2 is 1.30 bits per heavy atom. The lowest BCUT2D eigenvalue weighted by atomic mass is 9.79. The smallest absolute Gasteiger partial charge is 0.333 e. The van der Waals surface area contributed by atoms with Crippen molar-refractivity contribution in [1.82, 2.24) is 6.15 Å². The molecular formula is C16H27NO6. The molecule has 0 fully saturated rings. The first kappa shape index (κ1) is 23.1. The van der Waals surface area contributed by atoms with Gasteiger partial charge in [-0.25, -0.2) is 9.59 Å². The maximum absolute atomic E-state index is 11.6. The molecule has 0 aromatic carbocycles. The summed E-state index contributed by atoms with van der Waals surface area (Å²) in [5.74, 6) is -2.11. The van der Waals surface area contributed by atoms with Crippen LogP contribution in [0.3, 0.4) is 0 Å². The number of carbonyl (C=O) groups excluding carboxylic acids is 2. The highest BCUT2D eigenvalue weighted by Crippen LogP contribution is 2.31. The Labute approximate surface area is 136 Å². The quantitative estimate of drug-likeness (QED) is 0.466. The number of aliphatic carboxylic acids is 1. The van der Waals surface area contributed by atoms with Crippen LogP contribution >= 0.6 is 0 Å². The van der Waals surface area contributed by atoms with Crippen molar-refractivity contribution in [2.45, 2.75) is 40.0 Å². The molecule has 0 aromatic rings. The summed E-state index contributed by atoms with van der Waals surface area (Å²) < 4.78 is 9.91. The van der Waals surface area contributed by atoms with Gasteiger partial charge >= 0.3 is 17.9 Å². The molecule has 7 nitrogen and oxygen atoms in total. The van der Waals surface area contributed by atoms with Gasteiger partial charge in [0.1, 0.15) is 0 Å². The molecular weight excluding hydrogens is 302 g/mol. The molecule has 4 N–H and O–H groups in total. The third kappa shape index (κ3) is 7.60. The van der Waals surface area contributed by atoms with E-state index in [-0.39, 0.29) is 43.4 Å². The predicted octanol–water partition coefficient (Wildman–Crippen LogP) is 2.65. The summed E-state index contributed by atoms with van der Waals surface area (Å²) >= 11 is 0. The van der Waals surface area contributed by atoms with Gasteiger partial charge in [0.2, 0.25) is 0 Å². The Hall–Kier alpha value is -2.15. The van der Waals surface area contributed by atoms with E-state index < -0.39 is 23.3 Å². The van der Waals surface area contributed by atoms with Crippen molar-refractivity contribution in [2.75, 3.05) is 13.2 Å². The zero-order valence-corrected chi connectivity index (χ0v) is 14.1. The minimum atomic E-state index is -1.11. The van der Waals surface area contributed by atoms with Crippen molar-refractivity contribution in [3.8, 4) is 0 Å². The maximum Gasteiger partial charge on any atom is 0.333 e. The summed E-state index contributed by atoms with van der Waals surface area (Å²) in [7, 11) is 0. The van der Waals surface area contributed by atoms with E-state index in [1.807, 2.05) is 0 Å². The van der Waals surface area contributed by atoms with E-state index in [9.17, 15) is 19.5 Å². The molecule has 0 aliphatic carbocycles. The molecule has 0 saturated carbocycles. The van der Waals surface area contributed by atoms with Crippen LogP contribution in [0.5, 0.6) is 0 Å². The van der Waals surface area contributed by atoms with Crippen molar-refractivity contribution in [3.05, 3.63) is 24.3 Å². The van der Waals surface area contributed by atoms with E-state index in [4.69, 9.17) is 9.47 Å². The second-order valence-electron chi connectivity index (χ2n) is 5.27. The zero-order valence-electron chi connectivity index (χ0n) is 14.1. The first-order chi connectivity index (χ1) is 10.2. The van der Waals surface area contributed by atoms with Gasteiger partial charge in [-0.3, -0.25) is 4.79 Å². The van der Waals surface area contributed by atoms with Gasteiger partial charge in [0.05, 0.1) is 18.6 Å². The lowest BCUT2D eigenvalue weighted by Gasteiger charge is -2.27. The summed E-state index contributed by atoms with van der Waals surface area (Å²) in [6.07, 6.45) is 0.614. The third-order valence-corrected chi connectivity index (χ3v) is 3.45. The summed E-state index contributed by atoms with van der Waals surface area (Å²) in [4.78, 5) is 34.2. The van der Waals surface area contributed by atoms with E-state index in [2.05, 4.69) is 13.2 Å². The molecule has 0 amide bonds. The molecule has 0 saturated heterocycles. The van der Waals surface area contributed by atoms with Crippen LogP contribution in [0.2, 0.25) is 0 Å². The topological polar surface area (TPSA) is 125 Å². The van der Waals surface area contributed by atoms with E-state index in [0.29, 0.717) is 6.42 Å². The Kier molecular flexibility index (Phi) is 10.6. The third-order valence-electron chi connectivity index (χ3n) is 3.45. The molecule has 0 unspecified atom stereocenters. The van der Waals surface area contributed by atoms with Gasteiger partial charge in [-0.2, -0.15) is 0 Å². The van der Waals surface area contributed by atoms with E-state index in [0.717, 1.165) is 0 Å². The fourth-order valence-electron chi connectivity index (χ4n) is 1.77. The van der Waals surface area contributed by atoms with Crippen LogP contribution in [0.1, 0.15) is 40.0 Å². The van der Waals surface area contributed by atoms with Crippen LogP contribution in [0.15, 0.2) is 24.3 Å². The number of hydrogen-bond donors (Lipinski definition) is 2. The zero-order chi connectivity index (χ0) is 17.3. The van der Waals surface area contributed by atoms with Gasteiger partial charge in [-0.1, -0.05) is 20.1 Å². The predicted molar refractivity (Wildman–Crippen MR) is 86.2 cm³/mol. The van der Waals surface area contributed by atoms with Crippen LogP contribution in [0.25, 0.3) is 0 Å². The lowest BCUT2D eigenvalue weighted by Crippen LogP contribution is -2.34. The highest BCUT2D eigenvalue weighted by Gasteiger charge is 2.37. The highest BCUT2D eigenvalue weighted by molar-refractivity contribution is 5.87. The van der Waals surface area contributed by atoms with Gasteiger partial charge in [0.25, 0.3) is 0 Å². The van der Waals surface area contributed by atoms with Gasteiger partial charge in [-0.05, 0) is 33.1 Å². The van der Waals surface area contributed by atoms with Crippen LogP contribution in [-0.4, -0.2) is 36.2 Å². The number of esters is 2. The molecule has 0 radical (unpaired) electrons. The lowest BCUT2D eigenvalue weighted by molar-refractivity contribution is -0.155. The first-order valence-corrected chi connectivity index (χ1v) is 7.05. The Balaban J connectivity index is 0. The second-order valence-corrected chi connectivity index (χ2v) is 5.27. The number of carbonyl (C=O) groups is 3. The molecule has 23 heavy (non-hydrogen) atoms. The summed E-state index contributed by atoms with van der Waals surface area (Å²) in [6.45, 7) is 11.6. The fourth-order valence-corrected chi connectivity index (χ4v) is 1.77. The Morgan fingerprint density at radius 3 is 1.52 bits per heavy atom. The van der Waals surface area contributed by atoms with Crippen molar-refractivity contribution >= 4 is 17.9 Å². The molecule has 0 heterocycles. The van der Waals surface area contributed by atoms with Crippen LogP contribution in [-0.2, 0) is 23.9 Å². The number of rotatable bonds is 10. The first-order valence-electron chi connectivity index (χ1n) is 7.05. The van der Waals surface area contributed by atoms with Crippen molar-refractivity contribution in [2.24, 2.45) is 5.41 Å². The fraction of sp³-hybridized carbons (Fsp3) is 0.562. The molecule has 0 rings (SSSR count). The van der Waals surface area contributed by atoms with Crippen LogP contribution < -0.4 is 6.15 Å². The highest BCUT2D eigenvalue weighted by atomic mass is 16.5. The minimum Gasteiger partial charge on any atom is -0.481 e. The Morgan fingerprint density at radius 1 is 0.957 bits per heavy atom. The molecule has 0 aromatic heterocycles. The molecule has 0 atom stereocenters. The second kappa shape index (κ2) is 10.6. The molecule has 7 heteroatoms. The average molecular weight is 329 g/mol. The van der Waals surface area contributed by atoms with Gasteiger partial charge in [0.15, 0.2) is 0 Å². The molecule has 132 valence electrons. The van der Waals surface area contributed by atoms with E-state index >= 15 is 0 Å². The maximum atomic E-state index is 11.6. The average Bonchev–Trinajstić information content (AvgIpc) is 2.44. The standard InChI is InChI=1S/C16H24O6.H3N/c1-6-16(15(19)20,7-9-21-13(17)11(2)3)8-10-22-14(18)12(4)5;/h2,4,6-10H2,1,3,5H3,(H,19,20);1H3. The number of ether oxygens (including phenoxy) is 2. The normalized spacial score (nSPS) is 10.2. The van der Waals surface area contributed by atoms with Crippen molar-refractivity contribution in [1.29, 1.82) is 0 Å². The monoisotopic (exact) mass is 329 g/mol. The molecule has 0 bridgehead atoms. The van der Waals surface area contributed by atoms with Crippen molar-refractivity contribution in [3.63, 3.8) is 0 Å². The van der Waals surface area contributed by atoms with Gasteiger partial charge in [0, 0.05) is 11.1 Å².